The van der Waals surface area contributed by atoms with Crippen LogP contribution in [-0.4, -0.2) is 32.3 Å². The van der Waals surface area contributed by atoms with Crippen molar-refractivity contribution in [1.82, 2.24) is 0 Å². The number of rotatable bonds is 3. The van der Waals surface area contributed by atoms with E-state index in [2.05, 4.69) is 4.99 Å². The highest BCUT2D eigenvalue weighted by Gasteiger charge is 2.62. The van der Waals surface area contributed by atoms with Gasteiger partial charge in [-0.3, -0.25) is 0 Å². The molecule has 2 aromatic carbocycles. The second-order valence-corrected chi connectivity index (χ2v) is 7.00. The second-order valence-electron chi connectivity index (χ2n) is 7.00. The van der Waals surface area contributed by atoms with Crippen molar-refractivity contribution in [2.45, 2.75) is 18.0 Å². The Balaban J connectivity index is 0.00000289. The SMILES string of the molecule is COC1(C(F)(F)F)C[NH+]=C(C=Cc2ccc(C(F)(F)F)cc2)c2cc3c(cc21)OCO3.[Cl-]. The van der Waals surface area contributed by atoms with Crippen molar-refractivity contribution in [3.8, 4) is 11.5 Å². The van der Waals surface area contributed by atoms with Crippen LogP contribution in [0.15, 0.2) is 42.5 Å². The molecule has 1 unspecified atom stereocenters. The third-order valence-electron chi connectivity index (χ3n) is 5.25. The van der Waals surface area contributed by atoms with Gasteiger partial charge in [-0.1, -0.05) is 12.1 Å². The fraction of sp³-hybridized carbons (Fsp3) is 0.286. The average molecular weight is 480 g/mol. The monoisotopic (exact) mass is 479 g/mol. The van der Waals surface area contributed by atoms with Crippen molar-refractivity contribution in [3.63, 3.8) is 0 Å². The smallest absolute Gasteiger partial charge is 0.428 e. The van der Waals surface area contributed by atoms with Crippen LogP contribution in [0.2, 0.25) is 0 Å². The first kappa shape index (κ1) is 23.9. The van der Waals surface area contributed by atoms with E-state index in [1.54, 1.807) is 0 Å². The van der Waals surface area contributed by atoms with Crippen LogP contribution in [0.1, 0.15) is 22.3 Å². The quantitative estimate of drug-likeness (QED) is 0.650. The van der Waals surface area contributed by atoms with E-state index in [1.807, 2.05) is 0 Å². The van der Waals surface area contributed by atoms with E-state index < -0.39 is 30.1 Å². The molecule has 32 heavy (non-hydrogen) atoms. The summed E-state index contributed by atoms with van der Waals surface area (Å²) in [6, 6.07) is 7.10. The number of hydrogen-bond donors (Lipinski definition) is 1. The summed E-state index contributed by atoms with van der Waals surface area (Å²) < 4.78 is 95.6. The maximum Gasteiger partial charge on any atom is 0.428 e. The molecule has 0 saturated heterocycles. The highest BCUT2D eigenvalue weighted by atomic mass is 35.5. The molecule has 0 fully saturated rings. The molecule has 0 aromatic heterocycles. The standard InChI is InChI=1S/C21H15F6NO3.ClH/c1-29-19(21(25,26)27)10-28-16(14-8-17-18(9-15(14)19)31-11-30-17)7-4-12-2-5-13(6-3-12)20(22,23)24;/h2-9H,10-11H2,1H3;1H. The molecule has 2 aliphatic rings. The first-order chi connectivity index (χ1) is 14.5. The predicted molar refractivity (Wildman–Crippen MR) is 97.7 cm³/mol. The Kier molecular flexibility index (Phi) is 6.23. The molecule has 172 valence electrons. The Labute approximate surface area is 184 Å². The fourth-order valence-corrected chi connectivity index (χ4v) is 3.57. The number of halogens is 7. The lowest BCUT2D eigenvalue weighted by Gasteiger charge is -2.34. The fourth-order valence-electron chi connectivity index (χ4n) is 3.57. The van der Waals surface area contributed by atoms with Crippen molar-refractivity contribution in [2.75, 3.05) is 20.4 Å². The molecule has 0 radical (unpaired) electrons. The van der Waals surface area contributed by atoms with Gasteiger partial charge in [0.15, 0.2) is 18.0 Å². The van der Waals surface area contributed by atoms with Crippen LogP contribution in [0.4, 0.5) is 26.3 Å². The summed E-state index contributed by atoms with van der Waals surface area (Å²) in [6.07, 6.45) is -6.17. The molecular formula is C21H16ClF6NO3. The van der Waals surface area contributed by atoms with Gasteiger partial charge in [0.2, 0.25) is 18.1 Å². The molecule has 2 aliphatic heterocycles. The molecule has 4 nitrogen and oxygen atoms in total. The predicted octanol–water partition coefficient (Wildman–Crippen LogP) is 0.439. The molecular weight excluding hydrogens is 464 g/mol. The number of hydrogen-bond acceptors (Lipinski definition) is 3. The van der Waals surface area contributed by atoms with Gasteiger partial charge in [0.05, 0.1) is 11.1 Å². The van der Waals surface area contributed by atoms with E-state index in [4.69, 9.17) is 14.2 Å². The van der Waals surface area contributed by atoms with Gasteiger partial charge in [0.25, 0.3) is 0 Å². The van der Waals surface area contributed by atoms with Crippen LogP contribution < -0.4 is 26.9 Å². The molecule has 1 N–H and O–H groups in total. The van der Waals surface area contributed by atoms with Crippen molar-refractivity contribution in [2.24, 2.45) is 0 Å². The number of nitrogens with one attached hydrogen (secondary N) is 1. The van der Waals surface area contributed by atoms with Crippen LogP contribution in [0.5, 0.6) is 11.5 Å². The van der Waals surface area contributed by atoms with Gasteiger partial charge in [-0.15, -0.1) is 0 Å². The molecule has 1 atom stereocenters. The van der Waals surface area contributed by atoms with E-state index in [9.17, 15) is 26.3 Å². The molecule has 11 heteroatoms. The molecule has 0 amide bonds. The highest BCUT2D eigenvalue weighted by molar-refractivity contribution is 6.09. The van der Waals surface area contributed by atoms with Gasteiger partial charge in [0, 0.05) is 18.7 Å². The molecule has 0 aliphatic carbocycles. The Morgan fingerprint density at radius 2 is 1.59 bits per heavy atom. The molecule has 0 spiro atoms. The van der Waals surface area contributed by atoms with Gasteiger partial charge in [-0.05, 0) is 35.9 Å². The van der Waals surface area contributed by atoms with Gasteiger partial charge in [-0.25, -0.2) is 4.99 Å². The maximum absolute atomic E-state index is 14.0. The topological polar surface area (TPSA) is 41.7 Å². The minimum Gasteiger partial charge on any atom is -1.00 e. The average Bonchev–Trinajstić information content (AvgIpc) is 3.17. The zero-order valence-electron chi connectivity index (χ0n) is 16.4. The summed E-state index contributed by atoms with van der Waals surface area (Å²) in [5.74, 6) is 0.465. The van der Waals surface area contributed by atoms with Crippen molar-refractivity contribution < 1.29 is 58.0 Å². The molecule has 4 rings (SSSR count). The lowest BCUT2D eigenvalue weighted by molar-refractivity contribution is -0.506. The third-order valence-corrected chi connectivity index (χ3v) is 5.25. The second kappa shape index (κ2) is 8.32. The Hall–Kier alpha value is -2.72. The van der Waals surface area contributed by atoms with E-state index >= 15 is 0 Å². The van der Waals surface area contributed by atoms with Crippen molar-refractivity contribution in [1.29, 1.82) is 0 Å². The van der Waals surface area contributed by atoms with Crippen LogP contribution in [-0.2, 0) is 16.5 Å². The van der Waals surface area contributed by atoms with Gasteiger partial charge in [0.1, 0.15) is 0 Å². The minimum absolute atomic E-state index is 0. The maximum atomic E-state index is 14.0. The Morgan fingerprint density at radius 1 is 0.969 bits per heavy atom. The van der Waals surface area contributed by atoms with Crippen LogP contribution in [0, 0.1) is 0 Å². The number of ether oxygens (including phenoxy) is 3. The molecule has 2 heterocycles. The summed E-state index contributed by atoms with van der Waals surface area (Å²) >= 11 is 0. The van der Waals surface area contributed by atoms with Gasteiger partial charge >= 0.3 is 12.4 Å². The van der Waals surface area contributed by atoms with Crippen LogP contribution in [0.3, 0.4) is 0 Å². The number of alkyl halides is 6. The summed E-state index contributed by atoms with van der Waals surface area (Å²) in [5, 5.41) is 0. The molecule has 0 saturated carbocycles. The van der Waals surface area contributed by atoms with Crippen molar-refractivity contribution >= 4 is 11.8 Å². The van der Waals surface area contributed by atoms with E-state index in [1.165, 1.54) is 36.4 Å². The highest BCUT2D eigenvalue weighted by Crippen LogP contribution is 2.47. The summed E-state index contributed by atoms with van der Waals surface area (Å²) in [5.41, 5.74) is -2.56. The number of methoxy groups -OCH3 is 1. The van der Waals surface area contributed by atoms with E-state index in [0.29, 0.717) is 11.3 Å². The lowest BCUT2D eigenvalue weighted by Crippen LogP contribution is -3.00. The first-order valence-corrected chi connectivity index (χ1v) is 9.08. The zero-order chi connectivity index (χ0) is 22.4. The summed E-state index contributed by atoms with van der Waals surface area (Å²) in [4.78, 5) is 2.73. The lowest BCUT2D eigenvalue weighted by atomic mass is 9.83. The Bertz CT molecular complexity index is 1060. The summed E-state index contributed by atoms with van der Waals surface area (Å²) in [6.45, 7) is -0.708. The van der Waals surface area contributed by atoms with Crippen LogP contribution >= 0.6 is 0 Å². The third kappa shape index (κ3) is 4.04. The van der Waals surface area contributed by atoms with E-state index in [-0.39, 0.29) is 41.8 Å². The number of allylic oxidation sites excluding steroid dienone is 1. The number of fused-ring (bicyclic) bond motifs is 2. The zero-order valence-corrected chi connectivity index (χ0v) is 17.2. The summed E-state index contributed by atoms with van der Waals surface area (Å²) in [7, 11) is 0.979. The molecule has 2 aromatic rings. The normalized spacial score (nSPS) is 20.0. The van der Waals surface area contributed by atoms with Crippen molar-refractivity contribution in [3.05, 3.63) is 64.7 Å². The minimum atomic E-state index is -4.72. The number of benzene rings is 2. The van der Waals surface area contributed by atoms with Gasteiger partial charge in [-0.2, -0.15) is 26.3 Å². The Morgan fingerprint density at radius 3 is 2.16 bits per heavy atom. The molecule has 0 bridgehead atoms. The van der Waals surface area contributed by atoms with Gasteiger partial charge < -0.3 is 26.6 Å². The largest absolute Gasteiger partial charge is 1.00 e. The van der Waals surface area contributed by atoms with Crippen LogP contribution in [0.25, 0.3) is 6.08 Å². The van der Waals surface area contributed by atoms with E-state index in [0.717, 1.165) is 19.2 Å². The first-order valence-electron chi connectivity index (χ1n) is 9.08.